The Morgan fingerprint density at radius 3 is 2.44 bits per heavy atom. The summed E-state index contributed by atoms with van der Waals surface area (Å²) in [6.07, 6.45) is 2.93. The average molecular weight is 370 g/mol. The first-order valence-electron chi connectivity index (χ1n) is 9.28. The number of ether oxygens (including phenoxy) is 1. The second-order valence-corrected chi connectivity index (χ2v) is 7.17. The van der Waals surface area contributed by atoms with Gasteiger partial charge in [-0.25, -0.2) is 0 Å². The summed E-state index contributed by atoms with van der Waals surface area (Å²) in [7, 11) is 0. The molecule has 1 fully saturated rings. The molecule has 2 aromatic rings. The molecule has 1 aromatic heterocycles. The van der Waals surface area contributed by atoms with Gasteiger partial charge in [0.25, 0.3) is 11.8 Å². The molecule has 0 saturated carbocycles. The summed E-state index contributed by atoms with van der Waals surface area (Å²) in [5.74, 6) is 0.982. The number of benzene rings is 1. The third kappa shape index (κ3) is 4.51. The van der Waals surface area contributed by atoms with Crippen LogP contribution in [0.3, 0.4) is 0 Å². The predicted octanol–water partition coefficient (Wildman–Crippen LogP) is 3.07. The summed E-state index contributed by atoms with van der Waals surface area (Å²) < 4.78 is 10.8. The summed E-state index contributed by atoms with van der Waals surface area (Å²) >= 11 is 0. The van der Waals surface area contributed by atoms with E-state index in [1.54, 1.807) is 15.9 Å². The van der Waals surface area contributed by atoms with Crippen LogP contribution < -0.4 is 4.74 Å². The summed E-state index contributed by atoms with van der Waals surface area (Å²) in [6, 6.07) is 7.74. The largest absolute Gasteiger partial charge is 0.483 e. The molecular weight excluding hydrogens is 344 g/mol. The number of furan rings is 1. The zero-order valence-corrected chi connectivity index (χ0v) is 16.1. The molecule has 1 aliphatic rings. The average Bonchev–Trinajstić information content (AvgIpc) is 3.20. The Labute approximate surface area is 159 Å². The van der Waals surface area contributed by atoms with E-state index in [2.05, 4.69) is 26.0 Å². The number of hydrogen-bond donors (Lipinski definition) is 0. The third-order valence-electron chi connectivity index (χ3n) is 4.83. The maximum absolute atomic E-state index is 12.5. The van der Waals surface area contributed by atoms with Crippen LogP contribution in [0.25, 0.3) is 0 Å². The van der Waals surface area contributed by atoms with Crippen LogP contribution in [0, 0.1) is 6.92 Å². The van der Waals surface area contributed by atoms with Crippen LogP contribution >= 0.6 is 0 Å². The molecule has 2 amide bonds. The molecular formula is C21H26N2O4. The van der Waals surface area contributed by atoms with E-state index in [1.165, 1.54) is 12.5 Å². The molecule has 6 nitrogen and oxygen atoms in total. The van der Waals surface area contributed by atoms with Crippen molar-refractivity contribution < 1.29 is 18.7 Å². The quantitative estimate of drug-likeness (QED) is 0.811. The maximum Gasteiger partial charge on any atom is 0.260 e. The topological polar surface area (TPSA) is 63.0 Å². The van der Waals surface area contributed by atoms with Gasteiger partial charge in [0.1, 0.15) is 12.0 Å². The second-order valence-electron chi connectivity index (χ2n) is 7.17. The van der Waals surface area contributed by atoms with Crippen molar-refractivity contribution in [1.82, 2.24) is 9.80 Å². The van der Waals surface area contributed by atoms with Crippen LogP contribution in [-0.2, 0) is 4.79 Å². The molecule has 2 heterocycles. The molecule has 0 aliphatic carbocycles. The van der Waals surface area contributed by atoms with E-state index >= 15 is 0 Å². The number of carbonyl (C=O) groups is 2. The van der Waals surface area contributed by atoms with Crippen molar-refractivity contribution in [3.8, 4) is 5.75 Å². The van der Waals surface area contributed by atoms with Crippen molar-refractivity contribution in [3.63, 3.8) is 0 Å². The third-order valence-corrected chi connectivity index (χ3v) is 4.83. The molecule has 0 radical (unpaired) electrons. The van der Waals surface area contributed by atoms with Crippen molar-refractivity contribution >= 4 is 11.8 Å². The van der Waals surface area contributed by atoms with Gasteiger partial charge in [0.15, 0.2) is 6.61 Å². The van der Waals surface area contributed by atoms with Crippen molar-refractivity contribution in [1.29, 1.82) is 0 Å². The van der Waals surface area contributed by atoms with Gasteiger partial charge in [0, 0.05) is 26.2 Å². The van der Waals surface area contributed by atoms with Gasteiger partial charge in [-0.1, -0.05) is 26.0 Å². The molecule has 1 saturated heterocycles. The Balaban J connectivity index is 1.53. The van der Waals surface area contributed by atoms with Crippen LogP contribution in [0.15, 0.2) is 41.2 Å². The van der Waals surface area contributed by atoms with E-state index in [-0.39, 0.29) is 18.4 Å². The second kappa shape index (κ2) is 8.29. The Bertz CT molecular complexity index is 791. The summed E-state index contributed by atoms with van der Waals surface area (Å²) in [5, 5.41) is 0. The number of piperazine rings is 1. The standard InChI is InChI=1S/C21H26N2O4/c1-15(2)18-5-4-16(3)12-19(18)27-14-20(24)22-7-9-23(10-8-22)21(25)17-6-11-26-13-17/h4-6,11-13,15H,7-10,14H2,1-3H3. The highest BCUT2D eigenvalue weighted by atomic mass is 16.5. The molecule has 1 aliphatic heterocycles. The van der Waals surface area contributed by atoms with Gasteiger partial charge >= 0.3 is 0 Å². The number of nitrogens with zero attached hydrogens (tertiary/aromatic N) is 2. The normalized spacial score (nSPS) is 14.5. The van der Waals surface area contributed by atoms with E-state index in [0.29, 0.717) is 37.7 Å². The van der Waals surface area contributed by atoms with Crippen molar-refractivity contribution in [3.05, 3.63) is 53.5 Å². The summed E-state index contributed by atoms with van der Waals surface area (Å²) in [6.45, 7) is 8.28. The molecule has 6 heteroatoms. The smallest absolute Gasteiger partial charge is 0.260 e. The monoisotopic (exact) mass is 370 g/mol. The molecule has 0 unspecified atom stereocenters. The van der Waals surface area contributed by atoms with Gasteiger partial charge in [-0.3, -0.25) is 9.59 Å². The SMILES string of the molecule is Cc1ccc(C(C)C)c(OCC(=O)N2CCN(C(=O)c3ccoc3)CC2)c1. The molecule has 27 heavy (non-hydrogen) atoms. The van der Waals surface area contributed by atoms with Crippen LogP contribution in [0.2, 0.25) is 0 Å². The van der Waals surface area contributed by atoms with Crippen molar-refractivity contribution in [2.45, 2.75) is 26.7 Å². The van der Waals surface area contributed by atoms with Gasteiger partial charge in [-0.2, -0.15) is 0 Å². The van der Waals surface area contributed by atoms with Crippen molar-refractivity contribution in [2.75, 3.05) is 32.8 Å². The van der Waals surface area contributed by atoms with E-state index in [0.717, 1.165) is 16.9 Å². The minimum absolute atomic E-state index is 0.0127. The van der Waals surface area contributed by atoms with Gasteiger partial charge in [-0.05, 0) is 36.1 Å². The first kappa shape index (κ1) is 19.0. The first-order valence-corrected chi connectivity index (χ1v) is 9.28. The fraction of sp³-hybridized carbons (Fsp3) is 0.429. The molecule has 0 spiro atoms. The number of carbonyl (C=O) groups excluding carboxylic acids is 2. The molecule has 0 N–H and O–H groups in total. The van der Waals surface area contributed by atoms with Crippen LogP contribution in [-0.4, -0.2) is 54.4 Å². The predicted molar refractivity (Wildman–Crippen MR) is 102 cm³/mol. The van der Waals surface area contributed by atoms with Crippen molar-refractivity contribution in [2.24, 2.45) is 0 Å². The first-order chi connectivity index (χ1) is 13.0. The van der Waals surface area contributed by atoms with Gasteiger partial charge < -0.3 is 19.0 Å². The zero-order chi connectivity index (χ0) is 19.4. The highest BCUT2D eigenvalue weighted by Gasteiger charge is 2.25. The lowest BCUT2D eigenvalue weighted by Crippen LogP contribution is -2.51. The molecule has 3 rings (SSSR count). The van der Waals surface area contributed by atoms with Gasteiger partial charge in [0.05, 0.1) is 11.8 Å². The number of amides is 2. The molecule has 144 valence electrons. The van der Waals surface area contributed by atoms with Gasteiger partial charge in [-0.15, -0.1) is 0 Å². The summed E-state index contributed by atoms with van der Waals surface area (Å²) in [5.41, 5.74) is 2.75. The minimum Gasteiger partial charge on any atom is -0.483 e. The Morgan fingerprint density at radius 1 is 1.11 bits per heavy atom. The van der Waals surface area contributed by atoms with E-state index < -0.39 is 0 Å². The maximum atomic E-state index is 12.5. The van der Waals surface area contributed by atoms with E-state index in [9.17, 15) is 9.59 Å². The minimum atomic E-state index is -0.0616. The Morgan fingerprint density at radius 2 is 1.81 bits per heavy atom. The fourth-order valence-electron chi connectivity index (χ4n) is 3.20. The molecule has 0 bridgehead atoms. The highest BCUT2D eigenvalue weighted by molar-refractivity contribution is 5.94. The molecule has 1 aromatic carbocycles. The summed E-state index contributed by atoms with van der Waals surface area (Å²) in [4.78, 5) is 28.3. The van der Waals surface area contributed by atoms with E-state index in [1.807, 2.05) is 13.0 Å². The lowest BCUT2D eigenvalue weighted by atomic mass is 10.0. The number of aryl methyl sites for hydroxylation is 1. The molecule has 0 atom stereocenters. The fourth-order valence-corrected chi connectivity index (χ4v) is 3.20. The number of rotatable bonds is 5. The lowest BCUT2D eigenvalue weighted by Gasteiger charge is -2.34. The lowest BCUT2D eigenvalue weighted by molar-refractivity contribution is -0.134. The van der Waals surface area contributed by atoms with Crippen LogP contribution in [0.1, 0.15) is 41.3 Å². The highest BCUT2D eigenvalue weighted by Crippen LogP contribution is 2.27. The van der Waals surface area contributed by atoms with E-state index in [4.69, 9.17) is 9.15 Å². The van der Waals surface area contributed by atoms with Crippen LogP contribution in [0.5, 0.6) is 5.75 Å². The Hall–Kier alpha value is -2.76. The van der Waals surface area contributed by atoms with Gasteiger partial charge in [0.2, 0.25) is 0 Å². The Kier molecular flexibility index (Phi) is 5.84. The van der Waals surface area contributed by atoms with Crippen LogP contribution in [0.4, 0.5) is 0 Å². The number of hydrogen-bond acceptors (Lipinski definition) is 4. The zero-order valence-electron chi connectivity index (χ0n) is 16.1.